The van der Waals surface area contributed by atoms with E-state index < -0.39 is 0 Å². The standard InChI is InChI=1S/C16H24N4/c1-14(15-6-8-16(9-7-15)19(2)3)17-10-4-12-20-13-5-11-18-20/h5-9,11,13-14,17H,4,10,12H2,1-3H3. The minimum Gasteiger partial charge on any atom is -0.378 e. The molecule has 4 heteroatoms. The maximum Gasteiger partial charge on any atom is 0.0489 e. The second kappa shape index (κ2) is 7.10. The molecule has 2 aromatic rings. The lowest BCUT2D eigenvalue weighted by atomic mass is 10.1. The van der Waals surface area contributed by atoms with Crippen LogP contribution in [-0.4, -0.2) is 30.4 Å². The average molecular weight is 272 g/mol. The number of benzene rings is 1. The Bertz CT molecular complexity index is 488. The van der Waals surface area contributed by atoms with E-state index in [1.807, 2.05) is 23.1 Å². The molecule has 1 atom stereocenters. The first-order valence-electron chi connectivity index (χ1n) is 7.15. The molecular weight excluding hydrogens is 248 g/mol. The third-order valence-electron chi connectivity index (χ3n) is 3.48. The van der Waals surface area contributed by atoms with Crippen molar-refractivity contribution >= 4 is 5.69 Å². The number of aromatic nitrogens is 2. The fourth-order valence-corrected chi connectivity index (χ4v) is 2.17. The minimum atomic E-state index is 0.379. The number of rotatable bonds is 7. The largest absolute Gasteiger partial charge is 0.378 e. The van der Waals surface area contributed by atoms with Gasteiger partial charge in [0.05, 0.1) is 0 Å². The maximum atomic E-state index is 4.20. The third kappa shape index (κ3) is 4.10. The van der Waals surface area contributed by atoms with Crippen molar-refractivity contribution in [2.75, 3.05) is 25.5 Å². The fraction of sp³-hybridized carbons (Fsp3) is 0.438. The quantitative estimate of drug-likeness (QED) is 0.787. The van der Waals surface area contributed by atoms with Crippen molar-refractivity contribution in [2.24, 2.45) is 0 Å². The molecule has 1 heterocycles. The summed E-state index contributed by atoms with van der Waals surface area (Å²) >= 11 is 0. The monoisotopic (exact) mass is 272 g/mol. The molecule has 1 unspecified atom stereocenters. The molecule has 0 radical (unpaired) electrons. The molecule has 1 aromatic carbocycles. The molecule has 0 fully saturated rings. The molecule has 4 nitrogen and oxygen atoms in total. The van der Waals surface area contributed by atoms with E-state index >= 15 is 0 Å². The fourth-order valence-electron chi connectivity index (χ4n) is 2.17. The summed E-state index contributed by atoms with van der Waals surface area (Å²) in [5, 5.41) is 7.76. The second-order valence-electron chi connectivity index (χ2n) is 5.28. The highest BCUT2D eigenvalue weighted by Gasteiger charge is 2.04. The molecule has 20 heavy (non-hydrogen) atoms. The normalized spacial score (nSPS) is 12.3. The Kier molecular flexibility index (Phi) is 5.18. The van der Waals surface area contributed by atoms with Gasteiger partial charge < -0.3 is 10.2 Å². The van der Waals surface area contributed by atoms with Crippen LogP contribution in [0.4, 0.5) is 5.69 Å². The van der Waals surface area contributed by atoms with Gasteiger partial charge in [-0.05, 0) is 43.7 Å². The summed E-state index contributed by atoms with van der Waals surface area (Å²) in [5.74, 6) is 0. The van der Waals surface area contributed by atoms with Crippen molar-refractivity contribution in [3.8, 4) is 0 Å². The van der Waals surface area contributed by atoms with Crippen LogP contribution < -0.4 is 10.2 Å². The van der Waals surface area contributed by atoms with Crippen LogP contribution >= 0.6 is 0 Å². The zero-order valence-corrected chi connectivity index (χ0v) is 12.6. The molecule has 2 rings (SSSR count). The number of anilines is 1. The molecule has 0 aliphatic rings. The first kappa shape index (κ1) is 14.6. The molecule has 0 saturated carbocycles. The van der Waals surface area contributed by atoms with Gasteiger partial charge in [0.2, 0.25) is 0 Å². The number of aryl methyl sites for hydroxylation is 1. The van der Waals surface area contributed by atoms with E-state index in [0.29, 0.717) is 6.04 Å². The summed E-state index contributed by atoms with van der Waals surface area (Å²) in [4.78, 5) is 2.12. The summed E-state index contributed by atoms with van der Waals surface area (Å²) in [5.41, 5.74) is 2.56. The van der Waals surface area contributed by atoms with Gasteiger partial charge in [0, 0.05) is 44.8 Å². The van der Waals surface area contributed by atoms with Crippen molar-refractivity contribution in [3.63, 3.8) is 0 Å². The topological polar surface area (TPSA) is 33.1 Å². The highest BCUT2D eigenvalue weighted by molar-refractivity contribution is 5.46. The van der Waals surface area contributed by atoms with Gasteiger partial charge in [-0.1, -0.05) is 12.1 Å². The SMILES string of the molecule is CC(NCCCn1cccn1)c1ccc(N(C)C)cc1. The lowest BCUT2D eigenvalue weighted by Crippen LogP contribution is -2.21. The Balaban J connectivity index is 1.75. The molecule has 0 amide bonds. The van der Waals surface area contributed by atoms with Gasteiger partial charge in [0.15, 0.2) is 0 Å². The van der Waals surface area contributed by atoms with E-state index in [0.717, 1.165) is 19.5 Å². The molecular formula is C16H24N4. The van der Waals surface area contributed by atoms with Gasteiger partial charge in [-0.25, -0.2) is 0 Å². The van der Waals surface area contributed by atoms with E-state index in [4.69, 9.17) is 0 Å². The van der Waals surface area contributed by atoms with Gasteiger partial charge in [0.25, 0.3) is 0 Å². The molecule has 0 bridgehead atoms. The first-order chi connectivity index (χ1) is 9.66. The summed E-state index contributed by atoms with van der Waals surface area (Å²) in [7, 11) is 4.12. The van der Waals surface area contributed by atoms with Crippen LogP contribution in [0.2, 0.25) is 0 Å². The summed E-state index contributed by atoms with van der Waals surface area (Å²) in [6.45, 7) is 4.17. The van der Waals surface area contributed by atoms with Crippen LogP contribution in [0, 0.1) is 0 Å². The van der Waals surface area contributed by atoms with Crippen LogP contribution in [-0.2, 0) is 6.54 Å². The highest BCUT2D eigenvalue weighted by Crippen LogP contribution is 2.17. The van der Waals surface area contributed by atoms with E-state index in [-0.39, 0.29) is 0 Å². The molecule has 108 valence electrons. The van der Waals surface area contributed by atoms with Gasteiger partial charge in [-0.2, -0.15) is 5.10 Å². The van der Waals surface area contributed by atoms with Gasteiger partial charge in [0.1, 0.15) is 0 Å². The number of nitrogens with zero attached hydrogens (tertiary/aromatic N) is 3. The molecule has 0 saturated heterocycles. The van der Waals surface area contributed by atoms with Gasteiger partial charge in [-0.15, -0.1) is 0 Å². The molecule has 0 aliphatic heterocycles. The number of hydrogen-bond donors (Lipinski definition) is 1. The van der Waals surface area contributed by atoms with Crippen LogP contribution in [0.5, 0.6) is 0 Å². The zero-order chi connectivity index (χ0) is 14.4. The minimum absolute atomic E-state index is 0.379. The van der Waals surface area contributed by atoms with Crippen LogP contribution in [0.15, 0.2) is 42.7 Å². The summed E-state index contributed by atoms with van der Waals surface area (Å²) < 4.78 is 1.97. The van der Waals surface area contributed by atoms with Gasteiger partial charge in [-0.3, -0.25) is 4.68 Å². The lowest BCUT2D eigenvalue weighted by Gasteiger charge is -2.17. The number of hydrogen-bond acceptors (Lipinski definition) is 3. The summed E-state index contributed by atoms with van der Waals surface area (Å²) in [6.07, 6.45) is 4.91. The van der Waals surface area contributed by atoms with Crippen LogP contribution in [0.3, 0.4) is 0 Å². The summed E-state index contributed by atoms with van der Waals surface area (Å²) in [6, 6.07) is 11.1. The number of nitrogens with one attached hydrogen (secondary N) is 1. The lowest BCUT2D eigenvalue weighted by molar-refractivity contribution is 0.507. The van der Waals surface area contributed by atoms with E-state index in [1.165, 1.54) is 11.3 Å². The van der Waals surface area contributed by atoms with Crippen molar-refractivity contribution in [1.82, 2.24) is 15.1 Å². The van der Waals surface area contributed by atoms with E-state index in [9.17, 15) is 0 Å². The molecule has 1 N–H and O–H groups in total. The second-order valence-corrected chi connectivity index (χ2v) is 5.28. The Labute approximate surface area is 121 Å². The van der Waals surface area contributed by atoms with Crippen LogP contribution in [0.1, 0.15) is 24.9 Å². The van der Waals surface area contributed by atoms with Crippen molar-refractivity contribution < 1.29 is 0 Å². The average Bonchev–Trinajstić information content (AvgIpc) is 2.96. The first-order valence-corrected chi connectivity index (χ1v) is 7.15. The molecule has 0 aliphatic carbocycles. The highest BCUT2D eigenvalue weighted by atomic mass is 15.3. The molecule has 1 aromatic heterocycles. The Hall–Kier alpha value is -1.81. The van der Waals surface area contributed by atoms with E-state index in [1.54, 1.807) is 0 Å². The molecule has 0 spiro atoms. The Morgan fingerprint density at radius 1 is 1.25 bits per heavy atom. The van der Waals surface area contributed by atoms with Crippen LogP contribution in [0.25, 0.3) is 0 Å². The van der Waals surface area contributed by atoms with E-state index in [2.05, 4.69) is 60.6 Å². The van der Waals surface area contributed by atoms with Crippen molar-refractivity contribution in [2.45, 2.75) is 25.9 Å². The Morgan fingerprint density at radius 2 is 2.00 bits per heavy atom. The predicted octanol–water partition coefficient (Wildman–Crippen LogP) is 2.69. The Morgan fingerprint density at radius 3 is 2.60 bits per heavy atom. The van der Waals surface area contributed by atoms with Crippen molar-refractivity contribution in [3.05, 3.63) is 48.3 Å². The van der Waals surface area contributed by atoms with Gasteiger partial charge >= 0.3 is 0 Å². The maximum absolute atomic E-state index is 4.20. The smallest absolute Gasteiger partial charge is 0.0489 e. The zero-order valence-electron chi connectivity index (χ0n) is 12.6. The third-order valence-corrected chi connectivity index (χ3v) is 3.48. The van der Waals surface area contributed by atoms with Crippen molar-refractivity contribution in [1.29, 1.82) is 0 Å². The predicted molar refractivity (Wildman–Crippen MR) is 84.0 cm³/mol.